The van der Waals surface area contributed by atoms with E-state index in [-0.39, 0.29) is 11.7 Å². The number of phenols is 1. The highest BCUT2D eigenvalue weighted by Crippen LogP contribution is 2.21. The summed E-state index contributed by atoms with van der Waals surface area (Å²) in [6.45, 7) is 0. The van der Waals surface area contributed by atoms with Crippen LogP contribution in [0.3, 0.4) is 0 Å². The molecule has 0 aliphatic carbocycles. The van der Waals surface area contributed by atoms with E-state index in [1.165, 1.54) is 0 Å². The normalized spacial score (nSPS) is 10.0. The van der Waals surface area contributed by atoms with E-state index in [1.807, 2.05) is 30.3 Å². The van der Waals surface area contributed by atoms with Gasteiger partial charge in [0.2, 0.25) is 5.91 Å². The molecule has 92 valence electrons. The summed E-state index contributed by atoms with van der Waals surface area (Å²) in [4.78, 5) is 11.7. The van der Waals surface area contributed by atoms with Gasteiger partial charge in [-0.3, -0.25) is 4.79 Å². The Balaban J connectivity index is 1.88. The van der Waals surface area contributed by atoms with E-state index < -0.39 is 0 Å². The van der Waals surface area contributed by atoms with E-state index >= 15 is 0 Å². The number of nitrogens with one attached hydrogen (secondary N) is 1. The van der Waals surface area contributed by atoms with Crippen LogP contribution in [0, 0.1) is 0 Å². The van der Waals surface area contributed by atoms with Crippen molar-refractivity contribution in [2.45, 2.75) is 12.8 Å². The summed E-state index contributed by atoms with van der Waals surface area (Å²) in [5.41, 5.74) is 1.58. The third-order valence-corrected chi connectivity index (χ3v) is 2.66. The van der Waals surface area contributed by atoms with Gasteiger partial charge in [0.25, 0.3) is 0 Å². The van der Waals surface area contributed by atoms with E-state index in [2.05, 4.69) is 5.32 Å². The molecule has 0 saturated carbocycles. The molecule has 0 saturated heterocycles. The van der Waals surface area contributed by atoms with Gasteiger partial charge in [-0.15, -0.1) is 0 Å². The molecule has 0 atom stereocenters. The maximum absolute atomic E-state index is 11.7. The predicted octanol–water partition coefficient (Wildman–Crippen LogP) is 2.96. The number of para-hydroxylation sites is 2. The first-order valence-corrected chi connectivity index (χ1v) is 5.87. The minimum absolute atomic E-state index is 0.0885. The van der Waals surface area contributed by atoms with Crippen molar-refractivity contribution in [1.82, 2.24) is 0 Å². The highest BCUT2D eigenvalue weighted by molar-refractivity contribution is 5.92. The van der Waals surface area contributed by atoms with Gasteiger partial charge in [-0.25, -0.2) is 0 Å². The van der Waals surface area contributed by atoms with Crippen molar-refractivity contribution in [3.8, 4) is 5.75 Å². The summed E-state index contributed by atoms with van der Waals surface area (Å²) >= 11 is 0. The van der Waals surface area contributed by atoms with Crippen molar-refractivity contribution in [3.63, 3.8) is 0 Å². The molecule has 0 unspecified atom stereocenters. The smallest absolute Gasteiger partial charge is 0.224 e. The van der Waals surface area contributed by atoms with Crippen LogP contribution in [0.4, 0.5) is 5.69 Å². The largest absolute Gasteiger partial charge is 0.506 e. The van der Waals surface area contributed by atoms with Gasteiger partial charge in [0.1, 0.15) is 5.75 Å². The Morgan fingerprint density at radius 2 is 1.67 bits per heavy atom. The molecule has 2 rings (SSSR count). The van der Waals surface area contributed by atoms with Crippen LogP contribution in [0.2, 0.25) is 0 Å². The number of carbonyl (C=O) groups is 1. The molecule has 0 spiro atoms. The van der Waals surface area contributed by atoms with Gasteiger partial charge >= 0.3 is 0 Å². The molecule has 0 aliphatic heterocycles. The first kappa shape index (κ1) is 12.2. The second-order valence-electron chi connectivity index (χ2n) is 4.05. The van der Waals surface area contributed by atoms with E-state index in [0.717, 1.165) is 5.56 Å². The molecule has 18 heavy (non-hydrogen) atoms. The molecule has 0 radical (unpaired) electrons. The third kappa shape index (κ3) is 3.35. The lowest BCUT2D eigenvalue weighted by Crippen LogP contribution is -2.12. The molecule has 2 aromatic carbocycles. The van der Waals surface area contributed by atoms with Crippen molar-refractivity contribution in [3.05, 3.63) is 60.2 Å². The molecule has 2 N–H and O–H groups in total. The van der Waals surface area contributed by atoms with E-state index in [0.29, 0.717) is 18.5 Å². The Kier molecular flexibility index (Phi) is 3.97. The maximum atomic E-state index is 11.7. The van der Waals surface area contributed by atoms with E-state index in [9.17, 15) is 9.90 Å². The molecule has 1 amide bonds. The summed E-state index contributed by atoms with van der Waals surface area (Å²) in [6.07, 6.45) is 1.10. The molecule has 0 aliphatic rings. The van der Waals surface area contributed by atoms with Crippen LogP contribution >= 0.6 is 0 Å². The van der Waals surface area contributed by atoms with Crippen LogP contribution < -0.4 is 5.32 Å². The summed E-state index contributed by atoms with van der Waals surface area (Å²) in [7, 11) is 0. The van der Waals surface area contributed by atoms with Gasteiger partial charge in [0, 0.05) is 6.42 Å². The number of amides is 1. The minimum atomic E-state index is -0.0969. The fourth-order valence-corrected chi connectivity index (χ4v) is 1.69. The summed E-state index contributed by atoms with van der Waals surface area (Å²) in [6, 6.07) is 16.6. The highest BCUT2D eigenvalue weighted by Gasteiger charge is 2.05. The molecule has 3 heteroatoms. The molecule has 2 aromatic rings. The molecule has 0 heterocycles. The van der Waals surface area contributed by atoms with Gasteiger partial charge < -0.3 is 10.4 Å². The fourth-order valence-electron chi connectivity index (χ4n) is 1.69. The summed E-state index contributed by atoms with van der Waals surface area (Å²) < 4.78 is 0. The SMILES string of the molecule is O=C(CCc1ccccc1)Nc1ccccc1O. The number of carbonyl (C=O) groups excluding carboxylic acids is 1. The first-order chi connectivity index (χ1) is 8.75. The number of aryl methyl sites for hydroxylation is 1. The lowest BCUT2D eigenvalue weighted by Gasteiger charge is -2.06. The van der Waals surface area contributed by atoms with Gasteiger partial charge in [0.15, 0.2) is 0 Å². The van der Waals surface area contributed by atoms with Gasteiger partial charge in [0.05, 0.1) is 5.69 Å². The van der Waals surface area contributed by atoms with Crippen molar-refractivity contribution in [1.29, 1.82) is 0 Å². The van der Waals surface area contributed by atoms with Crippen molar-refractivity contribution < 1.29 is 9.90 Å². The third-order valence-electron chi connectivity index (χ3n) is 2.66. The molecule has 0 fully saturated rings. The van der Waals surface area contributed by atoms with Crippen molar-refractivity contribution >= 4 is 11.6 Å². The van der Waals surface area contributed by atoms with E-state index in [4.69, 9.17) is 0 Å². The van der Waals surface area contributed by atoms with Crippen molar-refractivity contribution in [2.24, 2.45) is 0 Å². The first-order valence-electron chi connectivity index (χ1n) is 5.87. The molecule has 3 nitrogen and oxygen atoms in total. The summed E-state index contributed by atoms with van der Waals surface area (Å²) in [5, 5.41) is 12.2. The number of aromatic hydroxyl groups is 1. The van der Waals surface area contributed by atoms with E-state index in [1.54, 1.807) is 24.3 Å². The Labute approximate surface area is 106 Å². The number of hydrogen-bond acceptors (Lipinski definition) is 2. The zero-order chi connectivity index (χ0) is 12.8. The van der Waals surface area contributed by atoms with Crippen LogP contribution in [0.15, 0.2) is 54.6 Å². The minimum Gasteiger partial charge on any atom is -0.506 e. The Morgan fingerprint density at radius 3 is 2.39 bits per heavy atom. The average molecular weight is 241 g/mol. The van der Waals surface area contributed by atoms with Gasteiger partial charge in [-0.2, -0.15) is 0 Å². The maximum Gasteiger partial charge on any atom is 0.224 e. The Morgan fingerprint density at radius 1 is 1.00 bits per heavy atom. The van der Waals surface area contributed by atoms with Crippen molar-refractivity contribution in [2.75, 3.05) is 5.32 Å². The van der Waals surface area contributed by atoms with Crippen LogP contribution in [0.1, 0.15) is 12.0 Å². The molecular formula is C15H15NO2. The number of benzene rings is 2. The Bertz CT molecular complexity index is 523. The van der Waals surface area contributed by atoms with Crippen LogP contribution in [-0.4, -0.2) is 11.0 Å². The van der Waals surface area contributed by atoms with Crippen LogP contribution in [0.5, 0.6) is 5.75 Å². The zero-order valence-electron chi connectivity index (χ0n) is 9.97. The summed E-state index contributed by atoms with van der Waals surface area (Å²) in [5.74, 6) is -0.00841. The topological polar surface area (TPSA) is 49.3 Å². The second kappa shape index (κ2) is 5.87. The predicted molar refractivity (Wildman–Crippen MR) is 71.5 cm³/mol. The number of rotatable bonds is 4. The second-order valence-corrected chi connectivity index (χ2v) is 4.05. The average Bonchev–Trinajstić information content (AvgIpc) is 2.40. The number of hydrogen-bond donors (Lipinski definition) is 2. The number of phenolic OH excluding ortho intramolecular Hbond substituents is 1. The highest BCUT2D eigenvalue weighted by atomic mass is 16.3. The van der Waals surface area contributed by atoms with Crippen LogP contribution in [0.25, 0.3) is 0 Å². The Hall–Kier alpha value is -2.29. The number of anilines is 1. The van der Waals surface area contributed by atoms with Crippen LogP contribution in [-0.2, 0) is 11.2 Å². The molecule has 0 bridgehead atoms. The van der Waals surface area contributed by atoms with Gasteiger partial charge in [-0.05, 0) is 24.1 Å². The molecular weight excluding hydrogens is 226 g/mol. The zero-order valence-corrected chi connectivity index (χ0v) is 9.97. The monoisotopic (exact) mass is 241 g/mol. The molecule has 0 aromatic heterocycles. The van der Waals surface area contributed by atoms with Gasteiger partial charge in [-0.1, -0.05) is 42.5 Å². The fraction of sp³-hybridized carbons (Fsp3) is 0.133. The lowest BCUT2D eigenvalue weighted by atomic mass is 10.1. The standard InChI is InChI=1S/C15H15NO2/c17-14-9-5-4-8-13(14)16-15(18)11-10-12-6-2-1-3-7-12/h1-9,17H,10-11H2,(H,16,18). The lowest BCUT2D eigenvalue weighted by molar-refractivity contribution is -0.116. The quantitative estimate of drug-likeness (QED) is 0.808.